The molecule has 0 spiro atoms. The van der Waals surface area contributed by atoms with Crippen molar-refractivity contribution >= 4 is 17.5 Å². The summed E-state index contributed by atoms with van der Waals surface area (Å²) in [7, 11) is 0. The van der Waals surface area contributed by atoms with Crippen molar-refractivity contribution in [3.05, 3.63) is 29.3 Å². The molecule has 0 unspecified atom stereocenters. The maximum Gasteiger partial charge on any atom is 0.254 e. The summed E-state index contributed by atoms with van der Waals surface area (Å²) in [6.07, 6.45) is 3.28. The number of fused-ring (bicyclic) bond motifs is 1. The van der Waals surface area contributed by atoms with Crippen molar-refractivity contribution in [1.29, 1.82) is 0 Å². The van der Waals surface area contributed by atoms with Crippen molar-refractivity contribution in [1.82, 2.24) is 5.32 Å². The van der Waals surface area contributed by atoms with E-state index in [0.717, 1.165) is 30.5 Å². The van der Waals surface area contributed by atoms with Crippen molar-refractivity contribution in [2.45, 2.75) is 53.0 Å². The van der Waals surface area contributed by atoms with Gasteiger partial charge in [-0.1, -0.05) is 39.3 Å². The highest BCUT2D eigenvalue weighted by atomic mass is 16.2. The highest BCUT2D eigenvalue weighted by molar-refractivity contribution is 6.06. The summed E-state index contributed by atoms with van der Waals surface area (Å²) in [6.45, 7) is 8.49. The number of hydrogen-bond donors (Lipinski definition) is 1. The van der Waals surface area contributed by atoms with Gasteiger partial charge in [0.15, 0.2) is 0 Å². The van der Waals surface area contributed by atoms with Crippen LogP contribution in [0.25, 0.3) is 0 Å². The summed E-state index contributed by atoms with van der Waals surface area (Å²) in [5.74, 6) is 0.189. The average Bonchev–Trinajstić information content (AvgIpc) is 2.69. The second-order valence-electron chi connectivity index (χ2n) is 6.47. The molecule has 1 atom stereocenters. The van der Waals surface area contributed by atoms with Crippen molar-refractivity contribution < 1.29 is 9.59 Å². The third-order valence-electron chi connectivity index (χ3n) is 3.92. The van der Waals surface area contributed by atoms with Crippen LogP contribution >= 0.6 is 0 Å². The van der Waals surface area contributed by atoms with Crippen molar-refractivity contribution in [2.75, 3.05) is 11.4 Å². The average molecular weight is 302 g/mol. The first-order valence-corrected chi connectivity index (χ1v) is 8.15. The fourth-order valence-electron chi connectivity index (χ4n) is 2.92. The standard InChI is InChI=1S/C18H26N2O2/c1-5-6-7-14-8-9-16-15(10-14)17(19-13(4)21)18(22)20(16)11-12(2)3/h8-10,12,17H,5-7,11H2,1-4H3,(H,19,21)/t17-/m0/s1. The molecular formula is C18H26N2O2. The monoisotopic (exact) mass is 302 g/mol. The van der Waals surface area contributed by atoms with Crippen molar-refractivity contribution in [2.24, 2.45) is 5.92 Å². The Hall–Kier alpha value is -1.84. The van der Waals surface area contributed by atoms with Crippen LogP contribution in [-0.4, -0.2) is 18.4 Å². The van der Waals surface area contributed by atoms with E-state index >= 15 is 0 Å². The molecule has 4 heteroatoms. The van der Waals surface area contributed by atoms with E-state index in [-0.39, 0.29) is 11.8 Å². The molecule has 1 N–H and O–H groups in total. The number of carbonyl (C=O) groups excluding carboxylic acids is 2. The van der Waals surface area contributed by atoms with E-state index in [4.69, 9.17) is 0 Å². The Kier molecular flexibility index (Phi) is 5.22. The lowest BCUT2D eigenvalue weighted by atomic mass is 10.0. The first-order valence-electron chi connectivity index (χ1n) is 8.15. The minimum absolute atomic E-state index is 0.0217. The zero-order chi connectivity index (χ0) is 16.3. The van der Waals surface area contributed by atoms with Gasteiger partial charge in [-0.2, -0.15) is 0 Å². The molecule has 1 aliphatic heterocycles. The Morgan fingerprint density at radius 2 is 2.09 bits per heavy atom. The number of hydrogen-bond acceptors (Lipinski definition) is 2. The maximum absolute atomic E-state index is 12.7. The number of nitrogens with one attached hydrogen (secondary N) is 1. The normalized spacial score (nSPS) is 17.0. The van der Waals surface area contributed by atoms with Crippen LogP contribution in [0.5, 0.6) is 0 Å². The highest BCUT2D eigenvalue weighted by Crippen LogP contribution is 2.37. The Morgan fingerprint density at radius 3 is 2.68 bits per heavy atom. The smallest absolute Gasteiger partial charge is 0.254 e. The molecule has 1 aliphatic rings. The molecule has 0 bridgehead atoms. The molecule has 0 saturated carbocycles. The molecule has 0 aliphatic carbocycles. The zero-order valence-corrected chi connectivity index (χ0v) is 14.0. The molecule has 4 nitrogen and oxygen atoms in total. The summed E-state index contributed by atoms with van der Waals surface area (Å²) in [5.41, 5.74) is 3.11. The van der Waals surface area contributed by atoms with Gasteiger partial charge in [0.05, 0.1) is 0 Å². The van der Waals surface area contributed by atoms with Gasteiger partial charge in [0.2, 0.25) is 5.91 Å². The molecule has 1 aromatic carbocycles. The molecule has 1 aromatic rings. The van der Waals surface area contributed by atoms with Crippen LogP contribution in [0.3, 0.4) is 0 Å². The van der Waals surface area contributed by atoms with Gasteiger partial charge in [-0.3, -0.25) is 9.59 Å². The summed E-state index contributed by atoms with van der Waals surface area (Å²) in [6, 6.07) is 5.69. The SMILES string of the molecule is CCCCc1ccc2c(c1)[C@H](NC(C)=O)C(=O)N2CC(C)C. The second kappa shape index (κ2) is 6.95. The molecule has 0 saturated heterocycles. The van der Waals surface area contributed by atoms with E-state index in [0.29, 0.717) is 12.5 Å². The Bertz CT molecular complexity index is 566. The lowest BCUT2D eigenvalue weighted by molar-refractivity contribution is -0.126. The fourth-order valence-corrected chi connectivity index (χ4v) is 2.92. The third-order valence-corrected chi connectivity index (χ3v) is 3.92. The predicted octanol–water partition coefficient (Wildman–Crippen LogP) is 3.21. The van der Waals surface area contributed by atoms with Crippen LogP contribution in [0, 0.1) is 5.92 Å². The molecule has 120 valence electrons. The van der Waals surface area contributed by atoms with Gasteiger partial charge in [-0.15, -0.1) is 0 Å². The first kappa shape index (κ1) is 16.5. The van der Waals surface area contributed by atoms with Crippen LogP contribution in [0.4, 0.5) is 5.69 Å². The van der Waals surface area contributed by atoms with E-state index < -0.39 is 6.04 Å². The number of unbranched alkanes of at least 4 members (excludes halogenated alkanes) is 1. The number of aryl methyl sites for hydroxylation is 1. The first-order chi connectivity index (χ1) is 10.4. The van der Waals surface area contributed by atoms with Crippen LogP contribution in [-0.2, 0) is 16.0 Å². The van der Waals surface area contributed by atoms with Crippen molar-refractivity contribution in [3.8, 4) is 0 Å². The van der Waals surface area contributed by atoms with Gasteiger partial charge in [0, 0.05) is 24.7 Å². The topological polar surface area (TPSA) is 49.4 Å². The number of amides is 2. The summed E-state index contributed by atoms with van der Waals surface area (Å²) < 4.78 is 0. The quantitative estimate of drug-likeness (QED) is 0.877. The molecule has 1 heterocycles. The minimum atomic E-state index is -0.534. The third kappa shape index (κ3) is 3.49. The van der Waals surface area contributed by atoms with Crippen LogP contribution in [0.15, 0.2) is 18.2 Å². The van der Waals surface area contributed by atoms with E-state index in [1.54, 1.807) is 0 Å². The van der Waals surface area contributed by atoms with Gasteiger partial charge >= 0.3 is 0 Å². The van der Waals surface area contributed by atoms with E-state index in [1.165, 1.54) is 12.5 Å². The Balaban J connectivity index is 2.36. The Labute approximate surface area is 132 Å². The van der Waals surface area contributed by atoms with E-state index in [9.17, 15) is 9.59 Å². The second-order valence-corrected chi connectivity index (χ2v) is 6.47. The van der Waals surface area contributed by atoms with E-state index in [2.05, 4.69) is 38.2 Å². The lowest BCUT2D eigenvalue weighted by Crippen LogP contribution is -2.38. The van der Waals surface area contributed by atoms with Crippen molar-refractivity contribution in [3.63, 3.8) is 0 Å². The summed E-state index contributed by atoms with van der Waals surface area (Å²) in [4.78, 5) is 25.9. The number of anilines is 1. The van der Waals surface area contributed by atoms with Gasteiger partial charge < -0.3 is 10.2 Å². The van der Waals surface area contributed by atoms with E-state index in [1.807, 2.05) is 11.0 Å². The minimum Gasteiger partial charge on any atom is -0.341 e. The van der Waals surface area contributed by atoms with Gasteiger partial charge in [-0.25, -0.2) is 0 Å². The highest BCUT2D eigenvalue weighted by Gasteiger charge is 2.37. The van der Waals surface area contributed by atoms with Gasteiger partial charge in [-0.05, 0) is 30.4 Å². The number of carbonyl (C=O) groups is 2. The van der Waals surface area contributed by atoms with Crippen LogP contribution in [0.2, 0.25) is 0 Å². The molecule has 0 fully saturated rings. The fraction of sp³-hybridized carbons (Fsp3) is 0.556. The molecule has 2 amide bonds. The van der Waals surface area contributed by atoms with Crippen LogP contribution in [0.1, 0.15) is 57.7 Å². The molecule has 22 heavy (non-hydrogen) atoms. The maximum atomic E-state index is 12.7. The lowest BCUT2D eigenvalue weighted by Gasteiger charge is -2.20. The molecule has 2 rings (SSSR count). The largest absolute Gasteiger partial charge is 0.341 e. The zero-order valence-electron chi connectivity index (χ0n) is 14.0. The van der Waals surface area contributed by atoms with Gasteiger partial charge in [0.1, 0.15) is 6.04 Å². The summed E-state index contributed by atoms with van der Waals surface area (Å²) >= 11 is 0. The molecule has 0 aromatic heterocycles. The number of nitrogens with zero attached hydrogens (tertiary/aromatic N) is 1. The molecule has 0 radical (unpaired) electrons. The Morgan fingerprint density at radius 1 is 1.36 bits per heavy atom. The predicted molar refractivity (Wildman–Crippen MR) is 88.8 cm³/mol. The van der Waals surface area contributed by atoms with Crippen LogP contribution < -0.4 is 10.2 Å². The molecular weight excluding hydrogens is 276 g/mol. The number of benzene rings is 1. The summed E-state index contributed by atoms with van der Waals surface area (Å²) in [5, 5.41) is 2.80. The van der Waals surface area contributed by atoms with Gasteiger partial charge in [0.25, 0.3) is 5.91 Å². The number of rotatable bonds is 6.